The van der Waals surface area contributed by atoms with Gasteiger partial charge in [-0.25, -0.2) is 9.97 Å². The monoisotopic (exact) mass is 546 g/mol. The number of rotatable bonds is 7. The summed E-state index contributed by atoms with van der Waals surface area (Å²) in [5.41, 5.74) is 3.38. The molecule has 3 N–H and O–H groups in total. The number of H-pyrrole nitrogens is 1. The summed E-state index contributed by atoms with van der Waals surface area (Å²) in [6, 6.07) is 20.8. The van der Waals surface area contributed by atoms with Crippen LogP contribution in [0.15, 0.2) is 60.7 Å². The van der Waals surface area contributed by atoms with Gasteiger partial charge in [0.05, 0.1) is 23.6 Å². The van der Waals surface area contributed by atoms with Gasteiger partial charge in [-0.1, -0.05) is 42.2 Å². The Balaban J connectivity index is 1.26. The lowest BCUT2D eigenvalue weighted by molar-refractivity contribution is -0.118. The number of piperazine rings is 1. The zero-order valence-electron chi connectivity index (χ0n) is 22.8. The van der Waals surface area contributed by atoms with Crippen LogP contribution >= 0.6 is 0 Å². The van der Waals surface area contributed by atoms with Gasteiger partial charge in [-0.2, -0.15) is 5.26 Å². The summed E-state index contributed by atoms with van der Waals surface area (Å²) >= 11 is 0. The number of aromatic amines is 1. The van der Waals surface area contributed by atoms with Gasteiger partial charge in [-0.3, -0.25) is 14.5 Å². The molecule has 41 heavy (non-hydrogen) atoms. The van der Waals surface area contributed by atoms with Crippen molar-refractivity contribution in [1.29, 1.82) is 5.26 Å². The first-order chi connectivity index (χ1) is 20.0. The van der Waals surface area contributed by atoms with E-state index in [1.807, 2.05) is 47.4 Å². The number of amides is 2. The number of fused-ring (bicyclic) bond motifs is 1. The van der Waals surface area contributed by atoms with Crippen molar-refractivity contribution < 1.29 is 9.59 Å². The summed E-state index contributed by atoms with van der Waals surface area (Å²) in [4.78, 5) is 41.4. The van der Waals surface area contributed by atoms with Crippen LogP contribution in [0.2, 0.25) is 0 Å². The van der Waals surface area contributed by atoms with Crippen molar-refractivity contribution in [3.05, 3.63) is 77.5 Å². The van der Waals surface area contributed by atoms with Crippen LogP contribution in [-0.2, 0) is 4.79 Å². The van der Waals surface area contributed by atoms with E-state index in [2.05, 4.69) is 38.4 Å². The molecule has 0 atom stereocenters. The second-order valence-electron chi connectivity index (χ2n) is 9.68. The van der Waals surface area contributed by atoms with E-state index in [1.54, 1.807) is 18.2 Å². The second-order valence-corrected chi connectivity index (χ2v) is 9.68. The maximum absolute atomic E-state index is 13.4. The molecule has 5 rings (SSSR count). The fourth-order valence-electron chi connectivity index (χ4n) is 4.56. The molecule has 2 aromatic carbocycles. The zero-order chi connectivity index (χ0) is 28.6. The Bertz CT molecular complexity index is 1640. The van der Waals surface area contributed by atoms with Crippen LogP contribution in [-0.4, -0.2) is 82.4 Å². The molecule has 4 aromatic rings. The van der Waals surface area contributed by atoms with Crippen LogP contribution in [0.5, 0.6) is 0 Å². The molecule has 1 fully saturated rings. The Morgan fingerprint density at radius 1 is 0.976 bits per heavy atom. The van der Waals surface area contributed by atoms with Gasteiger partial charge in [0.2, 0.25) is 5.91 Å². The van der Waals surface area contributed by atoms with Gasteiger partial charge in [0, 0.05) is 57.3 Å². The molecule has 1 aliphatic rings. The molecule has 2 amide bonds. The van der Waals surface area contributed by atoms with E-state index < -0.39 is 0 Å². The summed E-state index contributed by atoms with van der Waals surface area (Å²) in [6.45, 7) is 5.64. The number of hydrogen-bond donors (Lipinski definition) is 3. The average Bonchev–Trinajstić information content (AvgIpc) is 3.44. The Kier molecular flexibility index (Phi) is 8.53. The predicted molar refractivity (Wildman–Crippen MR) is 157 cm³/mol. The predicted octanol–water partition coefficient (Wildman–Crippen LogP) is 2.85. The molecule has 10 nitrogen and oxygen atoms in total. The zero-order valence-corrected chi connectivity index (χ0v) is 22.8. The van der Waals surface area contributed by atoms with Gasteiger partial charge in [0.15, 0.2) is 5.82 Å². The van der Waals surface area contributed by atoms with Crippen LogP contribution in [0.3, 0.4) is 0 Å². The van der Waals surface area contributed by atoms with E-state index >= 15 is 0 Å². The van der Waals surface area contributed by atoms with Crippen molar-refractivity contribution in [2.75, 3.05) is 51.1 Å². The Labute approximate surface area is 238 Å². The fourth-order valence-corrected chi connectivity index (χ4v) is 4.56. The number of aromatic nitrogens is 3. The van der Waals surface area contributed by atoms with Gasteiger partial charge in [-0.05, 0) is 30.3 Å². The molecule has 3 heterocycles. The standard InChI is InChI=1S/C31H30N8O2/c1-22(40)33-13-14-34-29-26-20-27(35-30(26)37-28(36-29)25-7-3-2-4-8-25)31(41)39-18-16-38(17-19-39)15-5-6-23-9-11-24(21-32)12-10-23/h2-4,7-12,20H,13-19H2,1H3,(H,33,40)(H2,34,35,36,37). The van der Waals surface area contributed by atoms with Gasteiger partial charge in [0.1, 0.15) is 17.2 Å². The van der Waals surface area contributed by atoms with E-state index in [-0.39, 0.29) is 11.8 Å². The number of carbonyl (C=O) groups excluding carboxylic acids is 2. The molecule has 1 aliphatic heterocycles. The van der Waals surface area contributed by atoms with Crippen molar-refractivity contribution in [3.8, 4) is 29.3 Å². The highest BCUT2D eigenvalue weighted by molar-refractivity contribution is 6.00. The Hall–Kier alpha value is -5.19. The minimum atomic E-state index is -0.0995. The average molecular weight is 547 g/mol. The van der Waals surface area contributed by atoms with Crippen molar-refractivity contribution in [2.45, 2.75) is 6.92 Å². The molecule has 0 aliphatic carbocycles. The minimum Gasteiger partial charge on any atom is -0.368 e. The molecule has 0 radical (unpaired) electrons. The number of anilines is 1. The van der Waals surface area contributed by atoms with Gasteiger partial charge >= 0.3 is 0 Å². The third kappa shape index (κ3) is 6.88. The number of nitrogens with zero attached hydrogens (tertiary/aromatic N) is 5. The number of benzene rings is 2. The van der Waals surface area contributed by atoms with Crippen LogP contribution in [0.25, 0.3) is 22.4 Å². The highest BCUT2D eigenvalue weighted by Gasteiger charge is 2.24. The van der Waals surface area contributed by atoms with Crippen LogP contribution in [0, 0.1) is 23.2 Å². The topological polar surface area (TPSA) is 130 Å². The number of nitriles is 1. The van der Waals surface area contributed by atoms with E-state index in [0.717, 1.165) is 24.2 Å². The highest BCUT2D eigenvalue weighted by Crippen LogP contribution is 2.26. The van der Waals surface area contributed by atoms with Crippen molar-refractivity contribution in [1.82, 2.24) is 30.1 Å². The lowest BCUT2D eigenvalue weighted by Crippen LogP contribution is -2.48. The first kappa shape index (κ1) is 27.4. The highest BCUT2D eigenvalue weighted by atomic mass is 16.2. The Morgan fingerprint density at radius 2 is 1.71 bits per heavy atom. The first-order valence-corrected chi connectivity index (χ1v) is 13.5. The lowest BCUT2D eigenvalue weighted by atomic mass is 10.1. The fraction of sp³-hybridized carbons (Fsp3) is 0.258. The third-order valence-electron chi connectivity index (χ3n) is 6.75. The SMILES string of the molecule is CC(=O)NCCNc1nc(-c2ccccc2)nc2[nH]c(C(=O)N3CCN(CC#Cc4ccc(C#N)cc4)CC3)cc12. The van der Waals surface area contributed by atoms with Gasteiger partial charge in [-0.15, -0.1) is 0 Å². The molecule has 0 unspecified atom stereocenters. The normalized spacial score (nSPS) is 13.2. The van der Waals surface area contributed by atoms with E-state index in [9.17, 15) is 9.59 Å². The summed E-state index contributed by atoms with van der Waals surface area (Å²) < 4.78 is 0. The molecular formula is C31H30N8O2. The number of hydrogen-bond acceptors (Lipinski definition) is 7. The van der Waals surface area contributed by atoms with Crippen LogP contribution in [0.4, 0.5) is 5.82 Å². The molecule has 206 valence electrons. The number of carbonyl (C=O) groups is 2. The molecule has 0 spiro atoms. The largest absolute Gasteiger partial charge is 0.368 e. The Morgan fingerprint density at radius 3 is 2.41 bits per heavy atom. The van der Waals surface area contributed by atoms with Crippen molar-refractivity contribution in [2.24, 2.45) is 0 Å². The first-order valence-electron chi connectivity index (χ1n) is 13.5. The van der Waals surface area contributed by atoms with E-state index in [4.69, 9.17) is 15.2 Å². The molecule has 0 bridgehead atoms. The molecule has 10 heteroatoms. The quantitative estimate of drug-likeness (QED) is 0.240. The minimum absolute atomic E-state index is 0.0863. The maximum atomic E-state index is 13.4. The summed E-state index contributed by atoms with van der Waals surface area (Å²) in [5, 5.41) is 15.7. The van der Waals surface area contributed by atoms with Crippen molar-refractivity contribution in [3.63, 3.8) is 0 Å². The molecule has 0 saturated carbocycles. The van der Waals surface area contributed by atoms with E-state index in [1.165, 1.54) is 6.92 Å². The molecule has 2 aromatic heterocycles. The molecular weight excluding hydrogens is 516 g/mol. The molecule has 1 saturated heterocycles. The van der Waals surface area contributed by atoms with Crippen LogP contribution in [0.1, 0.15) is 28.5 Å². The second kappa shape index (κ2) is 12.8. The van der Waals surface area contributed by atoms with Crippen LogP contribution < -0.4 is 10.6 Å². The van der Waals surface area contributed by atoms with Gasteiger partial charge < -0.3 is 20.5 Å². The van der Waals surface area contributed by atoms with Crippen molar-refractivity contribution >= 4 is 28.7 Å². The van der Waals surface area contributed by atoms with E-state index in [0.29, 0.717) is 66.7 Å². The van der Waals surface area contributed by atoms with Gasteiger partial charge in [0.25, 0.3) is 5.91 Å². The number of nitrogens with one attached hydrogen (secondary N) is 3. The summed E-state index contributed by atoms with van der Waals surface area (Å²) in [7, 11) is 0. The third-order valence-corrected chi connectivity index (χ3v) is 6.75. The maximum Gasteiger partial charge on any atom is 0.270 e. The summed E-state index contributed by atoms with van der Waals surface area (Å²) in [6.07, 6.45) is 0. The smallest absolute Gasteiger partial charge is 0.270 e. The lowest BCUT2D eigenvalue weighted by Gasteiger charge is -2.33. The summed E-state index contributed by atoms with van der Waals surface area (Å²) in [5.74, 6) is 7.28.